The smallest absolute Gasteiger partial charge is 0.244 e. The predicted octanol–water partition coefficient (Wildman–Crippen LogP) is 3.60. The molecule has 0 aromatic heterocycles. The molecule has 0 fully saturated rings. The number of amides is 1. The first-order valence-electron chi connectivity index (χ1n) is 7.92. The van der Waals surface area contributed by atoms with Crippen LogP contribution < -0.4 is 19.5 Å². The molecule has 0 aliphatic heterocycles. The van der Waals surface area contributed by atoms with Gasteiger partial charge in [-0.2, -0.15) is 0 Å². The van der Waals surface area contributed by atoms with E-state index in [0.717, 1.165) is 16.9 Å². The van der Waals surface area contributed by atoms with Crippen molar-refractivity contribution in [2.24, 2.45) is 0 Å². The van der Waals surface area contributed by atoms with Crippen LogP contribution in [0.5, 0.6) is 17.2 Å². The van der Waals surface area contributed by atoms with Crippen molar-refractivity contribution in [1.82, 2.24) is 5.32 Å². The Labute approximate surface area is 148 Å². The Kier molecular flexibility index (Phi) is 6.46. The average molecular weight is 341 g/mol. The van der Waals surface area contributed by atoms with Crippen molar-refractivity contribution in [1.29, 1.82) is 0 Å². The lowest BCUT2D eigenvalue weighted by Gasteiger charge is -2.16. The van der Waals surface area contributed by atoms with Gasteiger partial charge in [-0.25, -0.2) is 0 Å². The molecule has 5 heteroatoms. The first kappa shape index (κ1) is 18.4. The van der Waals surface area contributed by atoms with Gasteiger partial charge in [0.05, 0.1) is 27.4 Å². The van der Waals surface area contributed by atoms with Gasteiger partial charge in [-0.05, 0) is 37.3 Å². The fourth-order valence-electron chi connectivity index (χ4n) is 2.50. The minimum atomic E-state index is -0.205. The summed E-state index contributed by atoms with van der Waals surface area (Å²) in [6.07, 6.45) is 3.18. The number of hydrogen-bond donors (Lipinski definition) is 1. The number of methoxy groups -OCH3 is 3. The summed E-state index contributed by atoms with van der Waals surface area (Å²) in [5.74, 6) is 1.91. The predicted molar refractivity (Wildman–Crippen MR) is 98.1 cm³/mol. The molecule has 1 atom stereocenters. The van der Waals surface area contributed by atoms with E-state index in [0.29, 0.717) is 11.5 Å². The highest BCUT2D eigenvalue weighted by Crippen LogP contribution is 2.26. The lowest BCUT2D eigenvalue weighted by molar-refractivity contribution is -0.117. The number of ether oxygens (including phenoxy) is 3. The molecule has 132 valence electrons. The molecular formula is C20H23NO4. The average Bonchev–Trinajstić information content (AvgIpc) is 2.65. The largest absolute Gasteiger partial charge is 0.497 e. The van der Waals surface area contributed by atoms with Gasteiger partial charge in [0, 0.05) is 17.2 Å². The summed E-state index contributed by atoms with van der Waals surface area (Å²) in [5, 5.41) is 2.93. The molecule has 0 saturated carbocycles. The van der Waals surface area contributed by atoms with Crippen LogP contribution in [0.4, 0.5) is 0 Å². The van der Waals surface area contributed by atoms with Gasteiger partial charge in [0.15, 0.2) is 0 Å². The summed E-state index contributed by atoms with van der Waals surface area (Å²) in [5.41, 5.74) is 1.69. The second kappa shape index (κ2) is 8.78. The van der Waals surface area contributed by atoms with E-state index in [1.165, 1.54) is 6.08 Å². The van der Waals surface area contributed by atoms with Crippen molar-refractivity contribution < 1.29 is 19.0 Å². The lowest BCUT2D eigenvalue weighted by atomic mass is 10.1. The van der Waals surface area contributed by atoms with Crippen LogP contribution in [0.3, 0.4) is 0 Å². The maximum Gasteiger partial charge on any atom is 0.244 e. The van der Waals surface area contributed by atoms with E-state index in [1.54, 1.807) is 39.5 Å². The molecule has 25 heavy (non-hydrogen) atoms. The van der Waals surface area contributed by atoms with Crippen LogP contribution in [0, 0.1) is 0 Å². The van der Waals surface area contributed by atoms with Gasteiger partial charge >= 0.3 is 0 Å². The Hall–Kier alpha value is -2.95. The van der Waals surface area contributed by atoms with E-state index in [2.05, 4.69) is 5.32 Å². The lowest BCUT2D eigenvalue weighted by Crippen LogP contribution is -2.24. The van der Waals surface area contributed by atoms with Crippen LogP contribution in [0.15, 0.2) is 48.5 Å². The topological polar surface area (TPSA) is 56.8 Å². The number of para-hydroxylation sites is 1. The molecule has 0 radical (unpaired) electrons. The summed E-state index contributed by atoms with van der Waals surface area (Å²) in [7, 11) is 4.79. The van der Waals surface area contributed by atoms with Gasteiger partial charge in [-0.3, -0.25) is 4.79 Å². The molecule has 2 aromatic carbocycles. The summed E-state index contributed by atoms with van der Waals surface area (Å²) < 4.78 is 15.8. The maximum atomic E-state index is 12.2. The van der Waals surface area contributed by atoms with E-state index >= 15 is 0 Å². The molecule has 0 aliphatic carbocycles. The van der Waals surface area contributed by atoms with Crippen LogP contribution in [0.25, 0.3) is 6.08 Å². The second-order valence-corrected chi connectivity index (χ2v) is 5.41. The van der Waals surface area contributed by atoms with Crippen LogP contribution >= 0.6 is 0 Å². The molecule has 0 saturated heterocycles. The second-order valence-electron chi connectivity index (χ2n) is 5.41. The summed E-state index contributed by atoms with van der Waals surface area (Å²) in [6.45, 7) is 1.91. The highest BCUT2D eigenvalue weighted by molar-refractivity contribution is 5.92. The van der Waals surface area contributed by atoms with E-state index < -0.39 is 0 Å². The molecule has 1 amide bonds. The Balaban J connectivity index is 2.10. The number of hydrogen-bond acceptors (Lipinski definition) is 4. The van der Waals surface area contributed by atoms with Crippen LogP contribution in [0.1, 0.15) is 24.1 Å². The van der Waals surface area contributed by atoms with Gasteiger partial charge in [-0.15, -0.1) is 0 Å². The molecule has 0 unspecified atom stereocenters. The Morgan fingerprint density at radius 2 is 1.72 bits per heavy atom. The van der Waals surface area contributed by atoms with Gasteiger partial charge < -0.3 is 19.5 Å². The minimum absolute atomic E-state index is 0.180. The summed E-state index contributed by atoms with van der Waals surface area (Å²) >= 11 is 0. The third kappa shape index (κ3) is 4.76. The number of benzene rings is 2. The fourth-order valence-corrected chi connectivity index (χ4v) is 2.50. The quantitative estimate of drug-likeness (QED) is 0.782. The standard InChI is InChI=1S/C20H23NO4/c1-14(17-7-5-6-8-19(17)25-4)21-20(22)12-9-15-13-16(23-2)10-11-18(15)24-3/h5-14H,1-4H3,(H,21,22)/b12-9+/t14-/m1/s1. The number of rotatable bonds is 7. The minimum Gasteiger partial charge on any atom is -0.497 e. The monoisotopic (exact) mass is 341 g/mol. The van der Waals surface area contributed by atoms with Gasteiger partial charge in [0.1, 0.15) is 17.2 Å². The molecular weight excluding hydrogens is 318 g/mol. The highest BCUT2D eigenvalue weighted by atomic mass is 16.5. The van der Waals surface area contributed by atoms with E-state index in [-0.39, 0.29) is 11.9 Å². The van der Waals surface area contributed by atoms with Crippen molar-refractivity contribution >= 4 is 12.0 Å². The summed E-state index contributed by atoms with van der Waals surface area (Å²) in [6, 6.07) is 12.8. The molecule has 1 N–H and O–H groups in total. The maximum absolute atomic E-state index is 12.2. The number of carbonyl (C=O) groups is 1. The third-order valence-electron chi connectivity index (χ3n) is 3.82. The van der Waals surface area contributed by atoms with Crippen LogP contribution in [-0.4, -0.2) is 27.2 Å². The Morgan fingerprint density at radius 1 is 1.00 bits per heavy atom. The van der Waals surface area contributed by atoms with Crippen molar-refractivity contribution in [3.63, 3.8) is 0 Å². The van der Waals surface area contributed by atoms with Crippen molar-refractivity contribution in [3.8, 4) is 17.2 Å². The normalized spacial score (nSPS) is 11.8. The molecule has 0 spiro atoms. The Bertz CT molecular complexity index is 755. The van der Waals surface area contributed by atoms with E-state index in [4.69, 9.17) is 14.2 Å². The van der Waals surface area contributed by atoms with Gasteiger partial charge in [0.25, 0.3) is 0 Å². The van der Waals surface area contributed by atoms with Gasteiger partial charge in [-0.1, -0.05) is 18.2 Å². The molecule has 2 rings (SSSR count). The van der Waals surface area contributed by atoms with Crippen molar-refractivity contribution in [2.45, 2.75) is 13.0 Å². The zero-order chi connectivity index (χ0) is 18.2. The first-order chi connectivity index (χ1) is 12.1. The fraction of sp³-hybridized carbons (Fsp3) is 0.250. The van der Waals surface area contributed by atoms with E-state index in [9.17, 15) is 4.79 Å². The Morgan fingerprint density at radius 3 is 2.40 bits per heavy atom. The molecule has 5 nitrogen and oxygen atoms in total. The van der Waals surface area contributed by atoms with Crippen molar-refractivity contribution in [2.75, 3.05) is 21.3 Å². The first-order valence-corrected chi connectivity index (χ1v) is 7.92. The zero-order valence-electron chi connectivity index (χ0n) is 14.9. The zero-order valence-corrected chi connectivity index (χ0v) is 14.9. The third-order valence-corrected chi connectivity index (χ3v) is 3.82. The molecule has 2 aromatic rings. The number of carbonyl (C=O) groups excluding carboxylic acids is 1. The van der Waals surface area contributed by atoms with Gasteiger partial charge in [0.2, 0.25) is 5.91 Å². The highest BCUT2D eigenvalue weighted by Gasteiger charge is 2.12. The molecule has 0 heterocycles. The van der Waals surface area contributed by atoms with E-state index in [1.807, 2.05) is 37.3 Å². The van der Waals surface area contributed by atoms with Crippen LogP contribution in [-0.2, 0) is 4.79 Å². The molecule has 0 aliphatic rings. The molecule has 0 bridgehead atoms. The SMILES string of the molecule is COc1ccc(OC)c(/C=C/C(=O)N[C@H](C)c2ccccc2OC)c1. The van der Waals surface area contributed by atoms with Crippen LogP contribution in [0.2, 0.25) is 0 Å². The van der Waals surface area contributed by atoms with Crippen molar-refractivity contribution in [3.05, 3.63) is 59.7 Å². The summed E-state index contributed by atoms with van der Waals surface area (Å²) in [4.78, 5) is 12.2. The number of nitrogens with one attached hydrogen (secondary N) is 1.